The van der Waals surface area contributed by atoms with E-state index in [0.717, 1.165) is 29.8 Å². The molecule has 0 amide bonds. The Labute approximate surface area is 164 Å². The summed E-state index contributed by atoms with van der Waals surface area (Å²) in [5.41, 5.74) is 0.833. The Bertz CT molecular complexity index is 816. The van der Waals surface area contributed by atoms with Gasteiger partial charge >= 0.3 is 0 Å². The lowest BCUT2D eigenvalue weighted by Gasteiger charge is -2.14. The first-order valence-electron chi connectivity index (χ1n) is 8.39. The van der Waals surface area contributed by atoms with Gasteiger partial charge in [-0.2, -0.15) is 0 Å². The number of thiocarbonyl (C=S) groups is 1. The second-order valence-electron chi connectivity index (χ2n) is 6.94. The first-order valence-corrected chi connectivity index (χ1v) is 10.00. The molecule has 0 unspecified atom stereocenters. The maximum Gasteiger partial charge on any atom is 0.191 e. The number of rotatable bonds is 5. The minimum absolute atomic E-state index is 0.0851. The molecule has 1 aromatic heterocycles. The van der Waals surface area contributed by atoms with Gasteiger partial charge in [0.25, 0.3) is 0 Å². The van der Waals surface area contributed by atoms with Crippen molar-refractivity contribution < 1.29 is 4.74 Å². The van der Waals surface area contributed by atoms with Crippen molar-refractivity contribution in [1.82, 2.24) is 4.57 Å². The fraction of sp³-hybridized carbons (Fsp3) is 0.474. The second kappa shape index (κ2) is 8.47. The second-order valence-corrected chi connectivity index (χ2v) is 8.77. The smallest absolute Gasteiger partial charge is 0.191 e. The molecule has 6 heteroatoms. The van der Waals surface area contributed by atoms with E-state index in [0.29, 0.717) is 15.8 Å². The zero-order chi connectivity index (χ0) is 18.6. The molecular formula is C19H25ClN2OS2. The van der Waals surface area contributed by atoms with Crippen LogP contribution in [0.3, 0.4) is 0 Å². The average molecular weight is 397 g/mol. The van der Waals surface area contributed by atoms with Crippen molar-refractivity contribution in [3.8, 4) is 5.75 Å². The molecule has 0 radical (unpaired) electrons. The van der Waals surface area contributed by atoms with Crippen LogP contribution in [0.2, 0.25) is 5.02 Å². The molecule has 0 aliphatic heterocycles. The molecule has 3 nitrogen and oxygen atoms in total. The maximum absolute atomic E-state index is 6.13. The number of benzene rings is 1. The number of nitrogens with zero attached hydrogens (tertiary/aromatic N) is 2. The Balaban J connectivity index is 2.50. The highest BCUT2D eigenvalue weighted by Gasteiger charge is 2.18. The van der Waals surface area contributed by atoms with Gasteiger partial charge in [0.15, 0.2) is 4.80 Å². The summed E-state index contributed by atoms with van der Waals surface area (Å²) in [5, 5.41) is 0.619. The third-order valence-electron chi connectivity index (χ3n) is 3.80. The molecule has 2 aromatic rings. The van der Waals surface area contributed by atoms with Crippen LogP contribution in [0.25, 0.3) is 0 Å². The van der Waals surface area contributed by atoms with Gasteiger partial charge < -0.3 is 9.30 Å². The van der Waals surface area contributed by atoms with Crippen molar-refractivity contribution >= 4 is 40.1 Å². The lowest BCUT2D eigenvalue weighted by atomic mass is 9.95. The van der Waals surface area contributed by atoms with Gasteiger partial charge in [0, 0.05) is 22.6 Å². The third-order valence-corrected chi connectivity index (χ3v) is 5.79. The topological polar surface area (TPSA) is 26.5 Å². The van der Waals surface area contributed by atoms with E-state index >= 15 is 0 Å². The summed E-state index contributed by atoms with van der Waals surface area (Å²) in [6.07, 6.45) is 4.46. The fourth-order valence-electron chi connectivity index (χ4n) is 2.30. The van der Waals surface area contributed by atoms with E-state index in [2.05, 4.69) is 38.5 Å². The molecule has 0 aliphatic carbocycles. The Hall–Kier alpha value is -1.17. The van der Waals surface area contributed by atoms with Crippen LogP contribution in [0.4, 0.5) is 0 Å². The molecule has 2 rings (SSSR count). The summed E-state index contributed by atoms with van der Waals surface area (Å²) >= 11 is 13.4. The van der Waals surface area contributed by atoms with Crippen molar-refractivity contribution in [2.45, 2.75) is 52.5 Å². The van der Waals surface area contributed by atoms with Crippen molar-refractivity contribution in [3.63, 3.8) is 0 Å². The van der Waals surface area contributed by atoms with Gasteiger partial charge in [-0.25, -0.2) is 4.99 Å². The van der Waals surface area contributed by atoms with E-state index in [9.17, 15) is 0 Å². The summed E-state index contributed by atoms with van der Waals surface area (Å²) in [4.78, 5) is 7.45. The lowest BCUT2D eigenvalue weighted by Crippen LogP contribution is -2.16. The number of thiazole rings is 1. The highest BCUT2D eigenvalue weighted by atomic mass is 35.5. The number of unbranched alkanes of at least 4 members (excludes halogenated alkanes) is 1. The molecule has 0 spiro atoms. The third kappa shape index (κ3) is 5.16. The molecule has 0 atom stereocenters. The normalized spacial score (nSPS) is 12.5. The van der Waals surface area contributed by atoms with Gasteiger partial charge in [0.2, 0.25) is 0 Å². The molecule has 1 heterocycles. The predicted octanol–water partition coefficient (Wildman–Crippen LogP) is 5.59. The van der Waals surface area contributed by atoms with E-state index in [1.807, 2.05) is 6.07 Å². The van der Waals surface area contributed by atoms with Gasteiger partial charge in [0.05, 0.1) is 12.7 Å². The largest absolute Gasteiger partial charge is 0.496 e. The molecule has 0 saturated heterocycles. The summed E-state index contributed by atoms with van der Waals surface area (Å²) in [6.45, 7) is 9.77. The van der Waals surface area contributed by atoms with Crippen molar-refractivity contribution in [2.24, 2.45) is 4.99 Å². The van der Waals surface area contributed by atoms with E-state index in [1.165, 1.54) is 4.88 Å². The molecule has 0 fully saturated rings. The van der Waals surface area contributed by atoms with Gasteiger partial charge in [-0.1, -0.05) is 57.9 Å². The number of methoxy groups -OCH3 is 1. The summed E-state index contributed by atoms with van der Waals surface area (Å²) < 4.78 is 7.61. The number of ether oxygens (including phenoxy) is 1. The first kappa shape index (κ1) is 20.1. The SMILES string of the molecule is CCCCn1cc(C(C)(C)C)s/c1=N\C(=S)c1cc(Cl)ccc1OC. The summed E-state index contributed by atoms with van der Waals surface area (Å²) in [7, 11) is 1.62. The van der Waals surface area contributed by atoms with Crippen LogP contribution < -0.4 is 9.54 Å². The quantitative estimate of drug-likeness (QED) is 0.616. The molecule has 0 saturated carbocycles. The molecule has 25 heavy (non-hydrogen) atoms. The number of aryl methyl sites for hydroxylation is 1. The van der Waals surface area contributed by atoms with Crippen LogP contribution in [-0.2, 0) is 12.0 Å². The minimum atomic E-state index is 0.0851. The van der Waals surface area contributed by atoms with Crippen LogP contribution in [0.5, 0.6) is 5.75 Å². The number of aromatic nitrogens is 1. The average Bonchev–Trinajstić information content (AvgIpc) is 2.95. The molecule has 0 bridgehead atoms. The first-order chi connectivity index (χ1) is 11.8. The fourth-order valence-corrected chi connectivity index (χ4v) is 3.85. The van der Waals surface area contributed by atoms with E-state index in [1.54, 1.807) is 30.6 Å². The highest BCUT2D eigenvalue weighted by Crippen LogP contribution is 2.26. The molecule has 136 valence electrons. The molecular weight excluding hydrogens is 372 g/mol. The standard InChI is InChI=1S/C19H25ClN2OS2/c1-6-7-10-22-12-16(19(2,3)4)25-18(22)21-17(24)14-11-13(20)8-9-15(14)23-5/h8-9,11-12H,6-7,10H2,1-5H3/b21-18-. The van der Waals surface area contributed by atoms with Gasteiger partial charge in [-0.3, -0.25) is 0 Å². The summed E-state index contributed by atoms with van der Waals surface area (Å²) in [6, 6.07) is 5.41. The van der Waals surface area contributed by atoms with Gasteiger partial charge in [0.1, 0.15) is 10.7 Å². The van der Waals surface area contributed by atoms with E-state index in [-0.39, 0.29) is 5.41 Å². The molecule has 1 aromatic carbocycles. The zero-order valence-corrected chi connectivity index (χ0v) is 17.8. The lowest BCUT2D eigenvalue weighted by molar-refractivity contribution is 0.414. The van der Waals surface area contributed by atoms with Crippen molar-refractivity contribution in [2.75, 3.05) is 7.11 Å². The van der Waals surface area contributed by atoms with Gasteiger partial charge in [-0.15, -0.1) is 11.3 Å². The van der Waals surface area contributed by atoms with Crippen LogP contribution >= 0.6 is 35.2 Å². The van der Waals surface area contributed by atoms with Crippen LogP contribution in [0.15, 0.2) is 29.4 Å². The highest BCUT2D eigenvalue weighted by molar-refractivity contribution is 7.80. The van der Waals surface area contributed by atoms with Crippen molar-refractivity contribution in [3.05, 3.63) is 44.7 Å². The zero-order valence-electron chi connectivity index (χ0n) is 15.4. The predicted molar refractivity (Wildman–Crippen MR) is 111 cm³/mol. The minimum Gasteiger partial charge on any atom is -0.496 e. The van der Waals surface area contributed by atoms with Crippen molar-refractivity contribution in [1.29, 1.82) is 0 Å². The Morgan fingerprint density at radius 2 is 2.08 bits per heavy atom. The molecule has 0 N–H and O–H groups in total. The number of hydrogen-bond acceptors (Lipinski definition) is 3. The number of halogens is 1. The maximum atomic E-state index is 6.13. The Morgan fingerprint density at radius 1 is 1.36 bits per heavy atom. The van der Waals surface area contributed by atoms with Gasteiger partial charge in [-0.05, 0) is 30.0 Å². The Kier molecular flexibility index (Phi) is 6.83. The monoisotopic (exact) mass is 396 g/mol. The van der Waals surface area contributed by atoms with E-state index in [4.69, 9.17) is 33.5 Å². The van der Waals surface area contributed by atoms with Crippen LogP contribution in [0, 0.1) is 0 Å². The van der Waals surface area contributed by atoms with E-state index < -0.39 is 0 Å². The number of hydrogen-bond donors (Lipinski definition) is 0. The van der Waals surface area contributed by atoms with Crippen LogP contribution in [-0.4, -0.2) is 16.7 Å². The Morgan fingerprint density at radius 3 is 2.68 bits per heavy atom. The van der Waals surface area contributed by atoms with Crippen LogP contribution in [0.1, 0.15) is 51.0 Å². The summed E-state index contributed by atoms with van der Waals surface area (Å²) in [5.74, 6) is 0.686. The molecule has 0 aliphatic rings.